The number of thioether (sulfide) groups is 1. The summed E-state index contributed by atoms with van der Waals surface area (Å²) in [6.07, 6.45) is -4.61. The molecule has 0 aromatic heterocycles. The number of nitrogens with one attached hydrogen (secondary N) is 2. The van der Waals surface area contributed by atoms with Gasteiger partial charge in [0.1, 0.15) is 5.25 Å². The summed E-state index contributed by atoms with van der Waals surface area (Å²) in [5.74, 6) is -0.858. The number of benzene rings is 4. The van der Waals surface area contributed by atoms with Gasteiger partial charge in [-0.3, -0.25) is 9.59 Å². The van der Waals surface area contributed by atoms with E-state index in [4.69, 9.17) is 0 Å². The van der Waals surface area contributed by atoms with Gasteiger partial charge in [-0.1, -0.05) is 66.7 Å². The number of amides is 2. The second-order valence-electron chi connectivity index (χ2n) is 8.24. The highest BCUT2D eigenvalue weighted by Crippen LogP contribution is 2.39. The topological polar surface area (TPSA) is 58.2 Å². The van der Waals surface area contributed by atoms with Crippen LogP contribution in [0.5, 0.6) is 0 Å². The summed E-state index contributed by atoms with van der Waals surface area (Å²) >= 11 is 1.18. The second kappa shape index (κ2) is 11.3. The van der Waals surface area contributed by atoms with Crippen molar-refractivity contribution in [1.82, 2.24) is 0 Å². The van der Waals surface area contributed by atoms with Gasteiger partial charge in [0.2, 0.25) is 5.91 Å². The van der Waals surface area contributed by atoms with Crippen molar-refractivity contribution in [3.8, 4) is 0 Å². The Morgan fingerprint density at radius 1 is 0.784 bits per heavy atom. The molecule has 0 heterocycles. The molecular formula is C29H23F3N2O2S. The minimum atomic E-state index is -4.61. The SMILES string of the molecule is Cc1ccccc1C(=O)Nc1cccc(SC(C(=O)Nc2ccccc2C(F)(F)F)c2ccccc2)c1. The first kappa shape index (κ1) is 26.0. The van der Waals surface area contributed by atoms with Crippen LogP contribution in [0, 0.1) is 6.92 Å². The third-order valence-corrected chi connectivity index (χ3v) is 6.81. The number of hydrogen-bond acceptors (Lipinski definition) is 3. The predicted octanol–water partition coefficient (Wildman–Crippen LogP) is 7.74. The smallest absolute Gasteiger partial charge is 0.324 e. The Morgan fingerprint density at radius 3 is 2.19 bits per heavy atom. The molecule has 8 heteroatoms. The first-order valence-corrected chi connectivity index (χ1v) is 12.3. The Kier molecular flexibility index (Phi) is 7.98. The van der Waals surface area contributed by atoms with Crippen molar-refractivity contribution in [3.05, 3.63) is 125 Å². The third-order valence-electron chi connectivity index (χ3n) is 5.57. The summed E-state index contributed by atoms with van der Waals surface area (Å²) in [6, 6.07) is 27.9. The average Bonchev–Trinajstić information content (AvgIpc) is 2.88. The van der Waals surface area contributed by atoms with Crippen LogP contribution in [-0.4, -0.2) is 11.8 Å². The fourth-order valence-electron chi connectivity index (χ4n) is 3.75. The van der Waals surface area contributed by atoms with E-state index in [1.807, 2.05) is 19.1 Å². The number of aryl methyl sites for hydroxylation is 1. The molecule has 1 atom stereocenters. The molecule has 0 bridgehead atoms. The van der Waals surface area contributed by atoms with Gasteiger partial charge in [-0.15, -0.1) is 11.8 Å². The minimum absolute atomic E-state index is 0.263. The van der Waals surface area contributed by atoms with Crippen LogP contribution in [-0.2, 0) is 11.0 Å². The van der Waals surface area contributed by atoms with Crippen LogP contribution in [0.25, 0.3) is 0 Å². The van der Waals surface area contributed by atoms with E-state index in [-0.39, 0.29) is 11.6 Å². The van der Waals surface area contributed by atoms with Crippen molar-refractivity contribution in [2.24, 2.45) is 0 Å². The van der Waals surface area contributed by atoms with Gasteiger partial charge in [-0.2, -0.15) is 13.2 Å². The lowest BCUT2D eigenvalue weighted by atomic mass is 10.1. The molecule has 0 radical (unpaired) electrons. The number of para-hydroxylation sites is 1. The Hall–Kier alpha value is -4.04. The average molecular weight is 521 g/mol. The lowest BCUT2D eigenvalue weighted by Crippen LogP contribution is -2.21. The van der Waals surface area contributed by atoms with Gasteiger partial charge in [-0.25, -0.2) is 0 Å². The van der Waals surface area contributed by atoms with E-state index < -0.39 is 22.9 Å². The molecule has 0 aliphatic rings. The number of alkyl halides is 3. The molecule has 0 spiro atoms. The maximum atomic E-state index is 13.5. The van der Waals surface area contributed by atoms with Crippen molar-refractivity contribution < 1.29 is 22.8 Å². The number of hydrogen-bond donors (Lipinski definition) is 2. The van der Waals surface area contributed by atoms with E-state index in [0.29, 0.717) is 21.7 Å². The molecule has 0 aliphatic heterocycles. The first-order chi connectivity index (χ1) is 17.7. The molecule has 4 rings (SSSR count). The van der Waals surface area contributed by atoms with Crippen LogP contribution in [0.2, 0.25) is 0 Å². The van der Waals surface area contributed by atoms with Crippen LogP contribution in [0.4, 0.5) is 24.5 Å². The van der Waals surface area contributed by atoms with Gasteiger partial charge in [0.05, 0.1) is 11.3 Å². The van der Waals surface area contributed by atoms with Crippen molar-refractivity contribution in [2.75, 3.05) is 10.6 Å². The van der Waals surface area contributed by atoms with Crippen molar-refractivity contribution in [2.45, 2.75) is 23.2 Å². The molecule has 1 unspecified atom stereocenters. The fourth-order valence-corrected chi connectivity index (χ4v) is 4.83. The number of carbonyl (C=O) groups is 2. The largest absolute Gasteiger partial charge is 0.418 e. The third kappa shape index (κ3) is 6.59. The maximum absolute atomic E-state index is 13.5. The summed E-state index contributed by atoms with van der Waals surface area (Å²) in [7, 11) is 0. The zero-order valence-electron chi connectivity index (χ0n) is 19.8. The van der Waals surface area contributed by atoms with Crippen molar-refractivity contribution in [3.63, 3.8) is 0 Å². The van der Waals surface area contributed by atoms with Gasteiger partial charge in [-0.05, 0) is 54.4 Å². The Morgan fingerprint density at radius 2 is 1.46 bits per heavy atom. The molecule has 4 nitrogen and oxygen atoms in total. The monoisotopic (exact) mass is 520 g/mol. The molecular weight excluding hydrogens is 497 g/mol. The first-order valence-electron chi connectivity index (χ1n) is 11.4. The van der Waals surface area contributed by atoms with Gasteiger partial charge in [0.15, 0.2) is 0 Å². The van der Waals surface area contributed by atoms with Gasteiger partial charge in [0.25, 0.3) is 5.91 Å². The zero-order valence-corrected chi connectivity index (χ0v) is 20.6. The van der Waals surface area contributed by atoms with Crippen LogP contribution < -0.4 is 10.6 Å². The molecule has 37 heavy (non-hydrogen) atoms. The summed E-state index contributed by atoms with van der Waals surface area (Å²) in [6.45, 7) is 1.85. The molecule has 4 aromatic rings. The van der Waals surface area contributed by atoms with Crippen LogP contribution in [0.1, 0.15) is 32.3 Å². The molecule has 4 aromatic carbocycles. The minimum Gasteiger partial charge on any atom is -0.324 e. The quantitative estimate of drug-likeness (QED) is 0.245. The molecule has 0 fully saturated rings. The Labute approximate surface area is 216 Å². The van der Waals surface area contributed by atoms with Crippen LogP contribution >= 0.6 is 11.8 Å². The predicted molar refractivity (Wildman–Crippen MR) is 141 cm³/mol. The van der Waals surface area contributed by atoms with E-state index in [2.05, 4.69) is 10.6 Å². The lowest BCUT2D eigenvalue weighted by molar-refractivity contribution is -0.137. The number of anilines is 2. The second-order valence-corrected chi connectivity index (χ2v) is 9.42. The van der Waals surface area contributed by atoms with E-state index >= 15 is 0 Å². The van der Waals surface area contributed by atoms with Gasteiger partial charge in [0, 0.05) is 16.1 Å². The van der Waals surface area contributed by atoms with Crippen LogP contribution in [0.3, 0.4) is 0 Å². The highest BCUT2D eigenvalue weighted by Gasteiger charge is 2.34. The van der Waals surface area contributed by atoms with E-state index in [1.165, 1.54) is 30.0 Å². The Bertz CT molecular complexity index is 1410. The number of rotatable bonds is 7. The van der Waals surface area contributed by atoms with Gasteiger partial charge < -0.3 is 10.6 Å². The van der Waals surface area contributed by atoms with E-state index in [1.54, 1.807) is 66.7 Å². The molecule has 0 saturated heterocycles. The lowest BCUT2D eigenvalue weighted by Gasteiger charge is -2.19. The van der Waals surface area contributed by atoms with E-state index in [0.717, 1.165) is 11.6 Å². The highest BCUT2D eigenvalue weighted by atomic mass is 32.2. The highest BCUT2D eigenvalue weighted by molar-refractivity contribution is 8.00. The number of halogens is 3. The maximum Gasteiger partial charge on any atom is 0.418 e. The molecule has 188 valence electrons. The normalized spacial score (nSPS) is 12.0. The summed E-state index contributed by atoms with van der Waals surface area (Å²) < 4.78 is 40.4. The van der Waals surface area contributed by atoms with Gasteiger partial charge >= 0.3 is 6.18 Å². The van der Waals surface area contributed by atoms with E-state index in [9.17, 15) is 22.8 Å². The summed E-state index contributed by atoms with van der Waals surface area (Å²) in [5.41, 5.74) is 1.33. The molecule has 2 amide bonds. The molecule has 0 aliphatic carbocycles. The van der Waals surface area contributed by atoms with Crippen molar-refractivity contribution in [1.29, 1.82) is 0 Å². The molecule has 2 N–H and O–H groups in total. The number of carbonyl (C=O) groups excluding carboxylic acids is 2. The zero-order chi connectivity index (χ0) is 26.4. The summed E-state index contributed by atoms with van der Waals surface area (Å²) in [4.78, 5) is 26.7. The van der Waals surface area contributed by atoms with Crippen LogP contribution in [0.15, 0.2) is 108 Å². The standard InChI is InChI=1S/C29H23F3N2O2S/c1-19-10-5-6-15-23(19)27(35)33-21-13-9-14-22(18-21)37-26(20-11-3-2-4-12-20)28(36)34-25-17-8-7-16-24(25)29(30,31)32/h2-18,26H,1H3,(H,33,35)(H,34,36). The Balaban J connectivity index is 1.58. The fraction of sp³-hybridized carbons (Fsp3) is 0.103. The summed E-state index contributed by atoms with van der Waals surface area (Å²) in [5, 5.41) is 4.49. The molecule has 0 saturated carbocycles. The van der Waals surface area contributed by atoms with Crippen molar-refractivity contribution >= 4 is 35.0 Å².